The highest BCUT2D eigenvalue weighted by Gasteiger charge is 2.01. The molecule has 2 rings (SSSR count). The summed E-state index contributed by atoms with van der Waals surface area (Å²) in [5.41, 5.74) is 7.48. The number of hydrogen-bond acceptors (Lipinski definition) is 3. The third-order valence-electron chi connectivity index (χ3n) is 3.23. The van der Waals surface area contributed by atoms with Crippen molar-refractivity contribution in [3.8, 4) is 5.75 Å². The third-order valence-corrected chi connectivity index (χ3v) is 3.23. The van der Waals surface area contributed by atoms with Crippen molar-refractivity contribution in [3.05, 3.63) is 66.7 Å². The first kappa shape index (κ1) is 20.8. The Morgan fingerprint density at radius 2 is 1.81 bits per heavy atom. The van der Waals surface area contributed by atoms with Crippen LogP contribution in [0.3, 0.4) is 0 Å². The normalized spacial score (nSPS) is 9.31. The van der Waals surface area contributed by atoms with Gasteiger partial charge in [-0.05, 0) is 30.2 Å². The molecular formula is C20H25N3O3. The summed E-state index contributed by atoms with van der Waals surface area (Å²) in [7, 11) is 1.59. The minimum atomic E-state index is -0.344. The van der Waals surface area contributed by atoms with E-state index in [0.717, 1.165) is 22.6 Å². The zero-order valence-corrected chi connectivity index (χ0v) is 15.1. The van der Waals surface area contributed by atoms with Crippen molar-refractivity contribution in [1.82, 2.24) is 5.32 Å². The zero-order chi connectivity index (χ0) is 19.4. The molecule has 0 aliphatic rings. The number of primary amides is 1. The molecule has 0 aliphatic carbocycles. The van der Waals surface area contributed by atoms with Gasteiger partial charge in [-0.25, -0.2) is 4.79 Å². The number of methoxy groups -OCH3 is 1. The standard InChI is InChI=1S/C10H14N2O2.C10H11NO/c1-3-11-10(13)12-8-5-4-6-9(7-8)14-2;1-8(7-10(11)12)9-5-3-2-4-6-9/h4-7H,3H2,1-2H3,(H2,11,12,13);2-6H,1,7H2,(H2,11,12). The number of amides is 3. The highest BCUT2D eigenvalue weighted by Crippen LogP contribution is 2.16. The minimum absolute atomic E-state index is 0.208. The molecule has 26 heavy (non-hydrogen) atoms. The van der Waals surface area contributed by atoms with E-state index in [4.69, 9.17) is 10.5 Å². The Kier molecular flexibility index (Phi) is 9.03. The number of carbonyl (C=O) groups is 2. The fourth-order valence-electron chi connectivity index (χ4n) is 2.02. The summed E-state index contributed by atoms with van der Waals surface area (Å²) in [5, 5.41) is 5.33. The van der Waals surface area contributed by atoms with Crippen molar-refractivity contribution in [2.24, 2.45) is 5.73 Å². The summed E-state index contributed by atoms with van der Waals surface area (Å²) in [5.74, 6) is 0.378. The quantitative estimate of drug-likeness (QED) is 0.741. The lowest BCUT2D eigenvalue weighted by Gasteiger charge is -2.06. The van der Waals surface area contributed by atoms with E-state index in [2.05, 4.69) is 17.2 Å². The van der Waals surface area contributed by atoms with Crippen molar-refractivity contribution < 1.29 is 14.3 Å². The Bertz CT molecular complexity index is 730. The van der Waals surface area contributed by atoms with E-state index in [1.807, 2.05) is 49.4 Å². The lowest BCUT2D eigenvalue weighted by Crippen LogP contribution is -2.28. The predicted octanol–water partition coefficient (Wildman–Crippen LogP) is 3.41. The first-order valence-corrected chi connectivity index (χ1v) is 8.16. The van der Waals surface area contributed by atoms with E-state index in [9.17, 15) is 9.59 Å². The van der Waals surface area contributed by atoms with Crippen LogP contribution in [0.5, 0.6) is 5.75 Å². The fourth-order valence-corrected chi connectivity index (χ4v) is 2.02. The molecule has 138 valence electrons. The number of benzene rings is 2. The predicted molar refractivity (Wildman–Crippen MR) is 105 cm³/mol. The van der Waals surface area contributed by atoms with E-state index in [-0.39, 0.29) is 18.4 Å². The molecule has 0 saturated carbocycles. The molecule has 0 aromatic heterocycles. The summed E-state index contributed by atoms with van der Waals surface area (Å²) in [6.07, 6.45) is 0.226. The van der Waals surface area contributed by atoms with Gasteiger partial charge < -0.3 is 21.1 Å². The van der Waals surface area contributed by atoms with Crippen LogP contribution in [0.25, 0.3) is 5.57 Å². The maximum absolute atomic E-state index is 11.1. The van der Waals surface area contributed by atoms with Crippen LogP contribution in [0.15, 0.2) is 61.2 Å². The smallest absolute Gasteiger partial charge is 0.319 e. The average molecular weight is 355 g/mol. The van der Waals surface area contributed by atoms with E-state index in [1.165, 1.54) is 0 Å². The Morgan fingerprint density at radius 3 is 2.38 bits per heavy atom. The molecule has 0 atom stereocenters. The Balaban J connectivity index is 0.000000263. The summed E-state index contributed by atoms with van der Waals surface area (Å²) in [6, 6.07) is 16.5. The second kappa shape index (κ2) is 11.3. The largest absolute Gasteiger partial charge is 0.497 e. The number of nitrogens with two attached hydrogens (primary N) is 1. The molecular weight excluding hydrogens is 330 g/mol. The molecule has 0 saturated heterocycles. The summed E-state index contributed by atoms with van der Waals surface area (Å²) in [6.45, 7) is 6.24. The van der Waals surface area contributed by atoms with Gasteiger partial charge in [-0.1, -0.05) is 43.0 Å². The van der Waals surface area contributed by atoms with E-state index >= 15 is 0 Å². The molecule has 2 aromatic carbocycles. The van der Waals surface area contributed by atoms with Crippen LogP contribution in [0.2, 0.25) is 0 Å². The maximum Gasteiger partial charge on any atom is 0.319 e. The molecule has 3 amide bonds. The van der Waals surface area contributed by atoms with Crippen LogP contribution in [-0.2, 0) is 4.79 Å². The van der Waals surface area contributed by atoms with Crippen molar-refractivity contribution in [2.75, 3.05) is 19.0 Å². The van der Waals surface area contributed by atoms with E-state index in [0.29, 0.717) is 6.54 Å². The number of urea groups is 1. The molecule has 0 unspecified atom stereocenters. The van der Waals surface area contributed by atoms with Crippen LogP contribution in [-0.4, -0.2) is 25.6 Å². The highest BCUT2D eigenvalue weighted by atomic mass is 16.5. The third kappa shape index (κ3) is 8.01. The van der Waals surface area contributed by atoms with Gasteiger partial charge in [0.25, 0.3) is 0 Å². The summed E-state index contributed by atoms with van der Waals surface area (Å²) < 4.78 is 5.02. The second-order valence-electron chi connectivity index (χ2n) is 5.33. The molecule has 0 heterocycles. The molecule has 2 aromatic rings. The molecule has 0 spiro atoms. The van der Waals surface area contributed by atoms with Gasteiger partial charge in [0.15, 0.2) is 0 Å². The number of nitrogens with one attached hydrogen (secondary N) is 2. The minimum Gasteiger partial charge on any atom is -0.497 e. The van der Waals surface area contributed by atoms with Gasteiger partial charge in [0.2, 0.25) is 5.91 Å². The van der Waals surface area contributed by atoms with Crippen molar-refractivity contribution >= 4 is 23.2 Å². The van der Waals surface area contributed by atoms with E-state index in [1.54, 1.807) is 19.2 Å². The lowest BCUT2D eigenvalue weighted by atomic mass is 10.1. The van der Waals surface area contributed by atoms with Gasteiger partial charge in [-0.15, -0.1) is 0 Å². The molecule has 6 heteroatoms. The van der Waals surface area contributed by atoms with E-state index < -0.39 is 0 Å². The van der Waals surface area contributed by atoms with Crippen LogP contribution < -0.4 is 21.1 Å². The Hall–Kier alpha value is -3.28. The fraction of sp³-hybridized carbons (Fsp3) is 0.200. The van der Waals surface area contributed by atoms with Gasteiger partial charge in [0, 0.05) is 18.3 Å². The molecule has 4 N–H and O–H groups in total. The van der Waals surface area contributed by atoms with Gasteiger partial charge in [-0.3, -0.25) is 4.79 Å². The van der Waals surface area contributed by atoms with Crippen LogP contribution in [0.4, 0.5) is 10.5 Å². The number of rotatable bonds is 6. The van der Waals surface area contributed by atoms with Crippen molar-refractivity contribution in [1.29, 1.82) is 0 Å². The Morgan fingerprint density at radius 1 is 1.12 bits per heavy atom. The molecule has 0 bridgehead atoms. The number of ether oxygens (including phenoxy) is 1. The van der Waals surface area contributed by atoms with Gasteiger partial charge in [0.1, 0.15) is 5.75 Å². The molecule has 0 radical (unpaired) electrons. The number of carbonyl (C=O) groups excluding carboxylic acids is 2. The first-order chi connectivity index (χ1) is 12.5. The average Bonchev–Trinajstić information content (AvgIpc) is 2.63. The topological polar surface area (TPSA) is 93.5 Å². The van der Waals surface area contributed by atoms with Crippen LogP contribution in [0.1, 0.15) is 18.9 Å². The molecule has 6 nitrogen and oxygen atoms in total. The van der Waals surface area contributed by atoms with Crippen LogP contribution in [0, 0.1) is 0 Å². The van der Waals surface area contributed by atoms with Gasteiger partial charge in [-0.2, -0.15) is 0 Å². The van der Waals surface area contributed by atoms with Crippen molar-refractivity contribution in [3.63, 3.8) is 0 Å². The second-order valence-corrected chi connectivity index (χ2v) is 5.33. The van der Waals surface area contributed by atoms with Crippen LogP contribution >= 0.6 is 0 Å². The van der Waals surface area contributed by atoms with Crippen molar-refractivity contribution in [2.45, 2.75) is 13.3 Å². The van der Waals surface area contributed by atoms with Gasteiger partial charge in [0.05, 0.1) is 13.5 Å². The maximum atomic E-state index is 11.1. The van der Waals surface area contributed by atoms with Gasteiger partial charge >= 0.3 is 6.03 Å². The lowest BCUT2D eigenvalue weighted by molar-refractivity contribution is -0.117. The number of hydrogen-bond donors (Lipinski definition) is 3. The number of anilines is 1. The zero-order valence-electron chi connectivity index (χ0n) is 15.1. The summed E-state index contributed by atoms with van der Waals surface area (Å²) >= 11 is 0. The molecule has 0 aliphatic heterocycles. The molecule has 0 fully saturated rings. The Labute approximate surface area is 154 Å². The first-order valence-electron chi connectivity index (χ1n) is 8.16. The summed E-state index contributed by atoms with van der Waals surface area (Å²) in [4.78, 5) is 21.7. The highest BCUT2D eigenvalue weighted by molar-refractivity contribution is 5.89. The SMILES string of the molecule is C=C(CC(N)=O)c1ccccc1.CCNC(=O)Nc1cccc(OC)c1. The monoisotopic (exact) mass is 355 g/mol.